The zero-order valence-electron chi connectivity index (χ0n) is 14.7. The summed E-state index contributed by atoms with van der Waals surface area (Å²) in [5.41, 5.74) is 4.04. The van der Waals surface area contributed by atoms with Gasteiger partial charge in [0.15, 0.2) is 5.11 Å². The molecule has 1 fully saturated rings. The lowest BCUT2D eigenvalue weighted by molar-refractivity contribution is -0.787. The van der Waals surface area contributed by atoms with Gasteiger partial charge in [-0.3, -0.25) is 0 Å². The highest BCUT2D eigenvalue weighted by atomic mass is 32.1. The van der Waals surface area contributed by atoms with Crippen molar-refractivity contribution in [1.82, 2.24) is 5.32 Å². The van der Waals surface area contributed by atoms with Gasteiger partial charge in [0, 0.05) is 24.6 Å². The van der Waals surface area contributed by atoms with Gasteiger partial charge in [-0.2, -0.15) is 0 Å². The van der Waals surface area contributed by atoms with Crippen molar-refractivity contribution in [3.05, 3.63) is 29.3 Å². The van der Waals surface area contributed by atoms with Crippen LogP contribution >= 0.6 is 12.2 Å². The average Bonchev–Trinajstić information content (AvgIpc) is 2.29. The van der Waals surface area contributed by atoms with E-state index in [2.05, 4.69) is 75.7 Å². The van der Waals surface area contributed by atoms with Crippen LogP contribution in [0.2, 0.25) is 0 Å². The normalized spacial score (nSPS) is 20.5. The van der Waals surface area contributed by atoms with E-state index in [1.54, 1.807) is 0 Å². The SMILES string of the molecule is Cc1ccc(C)c(NC(=S)NC2CC(C)(C)[NH2+]C(C)(C)C2)c1. The maximum atomic E-state index is 5.54. The van der Waals surface area contributed by atoms with E-state index < -0.39 is 0 Å². The van der Waals surface area contributed by atoms with E-state index in [1.165, 1.54) is 11.1 Å². The number of nitrogens with one attached hydrogen (secondary N) is 2. The van der Waals surface area contributed by atoms with Gasteiger partial charge < -0.3 is 16.0 Å². The third-order valence-electron chi connectivity index (χ3n) is 4.30. The van der Waals surface area contributed by atoms with Gasteiger partial charge in [0.2, 0.25) is 0 Å². The second kappa shape index (κ2) is 6.17. The first-order valence-electron chi connectivity index (χ1n) is 8.08. The molecule has 1 saturated heterocycles. The Morgan fingerprint density at radius 2 is 1.73 bits per heavy atom. The molecular formula is C18H30N3S+. The van der Waals surface area contributed by atoms with E-state index >= 15 is 0 Å². The molecule has 0 spiro atoms. The summed E-state index contributed by atoms with van der Waals surface area (Å²) in [6.07, 6.45) is 2.23. The van der Waals surface area contributed by atoms with Gasteiger partial charge in [-0.15, -0.1) is 0 Å². The van der Waals surface area contributed by atoms with E-state index in [1.807, 2.05) is 0 Å². The summed E-state index contributed by atoms with van der Waals surface area (Å²) in [7, 11) is 0. The Hall–Kier alpha value is -1.13. The molecule has 0 atom stereocenters. The predicted octanol–water partition coefficient (Wildman–Crippen LogP) is 2.87. The Bertz CT molecular complexity index is 547. The fourth-order valence-corrected chi connectivity index (χ4v) is 4.11. The number of anilines is 1. The van der Waals surface area contributed by atoms with Crippen LogP contribution in [-0.2, 0) is 0 Å². The van der Waals surface area contributed by atoms with Crippen LogP contribution < -0.4 is 16.0 Å². The quantitative estimate of drug-likeness (QED) is 0.734. The first-order valence-corrected chi connectivity index (χ1v) is 8.49. The second-order valence-corrected chi connectivity index (χ2v) is 8.55. The summed E-state index contributed by atoms with van der Waals surface area (Å²) in [6, 6.07) is 6.81. The summed E-state index contributed by atoms with van der Waals surface area (Å²) >= 11 is 5.54. The van der Waals surface area contributed by atoms with Crippen LogP contribution in [0.15, 0.2) is 18.2 Å². The summed E-state index contributed by atoms with van der Waals surface area (Å²) in [5.74, 6) is 0. The second-order valence-electron chi connectivity index (χ2n) is 8.14. The zero-order chi connectivity index (χ0) is 16.5. The smallest absolute Gasteiger partial charge is 0.171 e. The van der Waals surface area contributed by atoms with E-state index in [0.29, 0.717) is 6.04 Å². The first kappa shape index (κ1) is 17.2. The van der Waals surface area contributed by atoms with E-state index in [-0.39, 0.29) is 11.1 Å². The molecule has 1 aromatic carbocycles. The number of rotatable bonds is 2. The van der Waals surface area contributed by atoms with Crippen LogP contribution in [0.25, 0.3) is 0 Å². The highest BCUT2D eigenvalue weighted by Crippen LogP contribution is 2.22. The molecule has 3 nitrogen and oxygen atoms in total. The molecule has 0 saturated carbocycles. The van der Waals surface area contributed by atoms with Gasteiger partial charge in [0.25, 0.3) is 0 Å². The predicted molar refractivity (Wildman–Crippen MR) is 98.4 cm³/mol. The Labute approximate surface area is 140 Å². The van der Waals surface area contributed by atoms with Crippen LogP contribution in [0.1, 0.15) is 51.7 Å². The molecule has 0 aromatic heterocycles. The topological polar surface area (TPSA) is 40.7 Å². The average molecular weight is 321 g/mol. The molecule has 0 radical (unpaired) electrons. The first-order chi connectivity index (χ1) is 10.1. The lowest BCUT2D eigenvalue weighted by Crippen LogP contribution is -3.06. The maximum absolute atomic E-state index is 5.54. The zero-order valence-corrected chi connectivity index (χ0v) is 15.5. The van der Waals surface area contributed by atoms with Crippen LogP contribution in [0.5, 0.6) is 0 Å². The summed E-state index contributed by atoms with van der Waals surface area (Å²) in [5, 5.41) is 10.1. The number of aryl methyl sites for hydroxylation is 2. The van der Waals surface area contributed by atoms with Gasteiger partial charge >= 0.3 is 0 Å². The minimum absolute atomic E-state index is 0.244. The molecular weight excluding hydrogens is 290 g/mol. The number of piperidine rings is 1. The molecule has 1 heterocycles. The molecule has 4 N–H and O–H groups in total. The lowest BCUT2D eigenvalue weighted by atomic mass is 9.80. The van der Waals surface area contributed by atoms with Crippen molar-refractivity contribution in [2.24, 2.45) is 0 Å². The van der Waals surface area contributed by atoms with Crippen molar-refractivity contribution in [3.63, 3.8) is 0 Å². The standard InChI is InChI=1S/C18H29N3S/c1-12-7-8-13(2)15(9-12)20-16(22)19-14-10-17(3,4)21-18(5,6)11-14/h7-9,14,21H,10-11H2,1-6H3,(H2,19,20,22)/p+1. The van der Waals surface area contributed by atoms with Crippen LogP contribution in [-0.4, -0.2) is 22.2 Å². The summed E-state index contributed by atoms with van der Waals surface area (Å²) < 4.78 is 0. The van der Waals surface area contributed by atoms with Crippen molar-refractivity contribution in [2.75, 3.05) is 5.32 Å². The number of benzene rings is 1. The Kier molecular flexibility index (Phi) is 4.83. The van der Waals surface area contributed by atoms with Gasteiger partial charge in [-0.1, -0.05) is 12.1 Å². The molecule has 1 aliphatic heterocycles. The number of nitrogens with two attached hydrogens (primary N) is 1. The molecule has 2 rings (SSSR count). The maximum Gasteiger partial charge on any atom is 0.171 e. The Morgan fingerprint density at radius 3 is 2.32 bits per heavy atom. The Morgan fingerprint density at radius 1 is 1.14 bits per heavy atom. The molecule has 0 aliphatic carbocycles. The highest BCUT2D eigenvalue weighted by molar-refractivity contribution is 7.80. The van der Waals surface area contributed by atoms with Crippen LogP contribution in [0.4, 0.5) is 5.69 Å². The highest BCUT2D eigenvalue weighted by Gasteiger charge is 2.41. The van der Waals surface area contributed by atoms with Crippen LogP contribution in [0.3, 0.4) is 0 Å². The number of hydrogen-bond acceptors (Lipinski definition) is 1. The van der Waals surface area contributed by atoms with Crippen molar-refractivity contribution in [2.45, 2.75) is 71.5 Å². The minimum atomic E-state index is 0.244. The number of hydrogen-bond donors (Lipinski definition) is 3. The van der Waals surface area contributed by atoms with Crippen molar-refractivity contribution in [1.29, 1.82) is 0 Å². The largest absolute Gasteiger partial charge is 0.359 e. The molecule has 1 aliphatic rings. The molecule has 0 bridgehead atoms. The molecule has 0 unspecified atom stereocenters. The monoisotopic (exact) mass is 320 g/mol. The molecule has 1 aromatic rings. The number of thiocarbonyl (C=S) groups is 1. The van der Waals surface area contributed by atoms with E-state index in [9.17, 15) is 0 Å². The van der Waals surface area contributed by atoms with Gasteiger partial charge in [0.05, 0.1) is 11.1 Å². The third-order valence-corrected chi connectivity index (χ3v) is 4.52. The van der Waals surface area contributed by atoms with Gasteiger partial charge in [0.1, 0.15) is 0 Å². The Balaban J connectivity index is 2.01. The number of quaternary nitrogens is 1. The third kappa shape index (κ3) is 4.68. The minimum Gasteiger partial charge on any atom is -0.359 e. The van der Waals surface area contributed by atoms with Crippen LogP contribution in [0, 0.1) is 13.8 Å². The fourth-order valence-electron chi connectivity index (χ4n) is 3.83. The summed E-state index contributed by atoms with van der Waals surface area (Å²) in [4.78, 5) is 0. The van der Waals surface area contributed by atoms with Gasteiger partial charge in [-0.05, 0) is 71.0 Å². The van der Waals surface area contributed by atoms with Gasteiger partial charge in [-0.25, -0.2) is 0 Å². The molecule has 122 valence electrons. The van der Waals surface area contributed by atoms with E-state index in [4.69, 9.17) is 12.2 Å². The van der Waals surface area contributed by atoms with E-state index in [0.717, 1.165) is 23.6 Å². The fraction of sp³-hybridized carbons (Fsp3) is 0.611. The molecule has 22 heavy (non-hydrogen) atoms. The van der Waals surface area contributed by atoms with Crippen molar-refractivity contribution >= 4 is 23.0 Å². The summed E-state index contributed by atoms with van der Waals surface area (Å²) in [6.45, 7) is 13.4. The van der Waals surface area contributed by atoms with Crippen molar-refractivity contribution < 1.29 is 5.32 Å². The molecule has 0 amide bonds. The molecule has 4 heteroatoms. The lowest BCUT2D eigenvalue weighted by Gasteiger charge is -2.43. The van der Waals surface area contributed by atoms with Crippen molar-refractivity contribution in [3.8, 4) is 0 Å².